The first-order valence-corrected chi connectivity index (χ1v) is 8.53. The number of hydrogen-bond acceptors (Lipinski definition) is 2. The first kappa shape index (κ1) is 12.4. The van der Waals surface area contributed by atoms with Gasteiger partial charge >= 0.3 is 0 Å². The molecule has 1 aromatic rings. The Kier molecular flexibility index (Phi) is 2.22. The molecule has 2 amide bonds. The van der Waals surface area contributed by atoms with Gasteiger partial charge in [0, 0.05) is 3.57 Å². The molecule has 0 unspecified atom stereocenters. The third-order valence-electron chi connectivity index (χ3n) is 5.92. The van der Waals surface area contributed by atoms with Crippen LogP contribution in [-0.2, 0) is 9.59 Å². The highest BCUT2D eigenvalue weighted by molar-refractivity contribution is 14.1. The van der Waals surface area contributed by atoms with E-state index in [2.05, 4.69) is 34.7 Å². The lowest BCUT2D eigenvalue weighted by atomic mass is 9.85. The number of imide groups is 1. The lowest BCUT2D eigenvalue weighted by molar-refractivity contribution is -0.123. The minimum atomic E-state index is -0.104. The van der Waals surface area contributed by atoms with Crippen molar-refractivity contribution in [2.24, 2.45) is 29.1 Å². The summed E-state index contributed by atoms with van der Waals surface area (Å²) in [6.07, 6.45) is 6.79. The van der Waals surface area contributed by atoms with Crippen molar-refractivity contribution in [2.75, 3.05) is 4.90 Å². The zero-order valence-electron chi connectivity index (χ0n) is 11.3. The number of hydrogen-bond donors (Lipinski definition) is 0. The zero-order valence-corrected chi connectivity index (χ0v) is 13.5. The first-order chi connectivity index (χ1) is 10.1. The quantitative estimate of drug-likeness (QED) is 0.420. The van der Waals surface area contributed by atoms with E-state index in [0.29, 0.717) is 11.8 Å². The van der Waals surface area contributed by atoms with E-state index in [0.717, 1.165) is 9.26 Å². The predicted octanol–water partition coefficient (Wildman–Crippen LogP) is 2.99. The summed E-state index contributed by atoms with van der Waals surface area (Å²) in [7, 11) is 0. The third-order valence-corrected chi connectivity index (χ3v) is 6.59. The molecule has 1 aromatic carbocycles. The molecule has 1 heterocycles. The van der Waals surface area contributed by atoms with E-state index in [9.17, 15) is 9.59 Å². The fourth-order valence-corrected chi connectivity index (χ4v) is 5.47. The van der Waals surface area contributed by atoms with Crippen molar-refractivity contribution >= 4 is 40.1 Å². The van der Waals surface area contributed by atoms with Crippen molar-refractivity contribution in [3.63, 3.8) is 0 Å². The fourth-order valence-electron chi connectivity index (χ4n) is 4.95. The smallest absolute Gasteiger partial charge is 0.238 e. The maximum Gasteiger partial charge on any atom is 0.238 e. The number of benzene rings is 1. The van der Waals surface area contributed by atoms with Crippen LogP contribution >= 0.6 is 22.6 Å². The Hall–Kier alpha value is -1.17. The number of halogens is 1. The Morgan fingerprint density at radius 2 is 1.67 bits per heavy atom. The van der Waals surface area contributed by atoms with Crippen molar-refractivity contribution in [1.29, 1.82) is 0 Å². The number of allylic oxidation sites excluding steroid dienone is 2. The molecule has 0 N–H and O–H groups in total. The zero-order chi connectivity index (χ0) is 14.4. The van der Waals surface area contributed by atoms with Gasteiger partial charge in [0.15, 0.2) is 0 Å². The van der Waals surface area contributed by atoms with Crippen LogP contribution in [0.4, 0.5) is 5.69 Å². The van der Waals surface area contributed by atoms with Gasteiger partial charge in [0.05, 0.1) is 17.5 Å². The first-order valence-electron chi connectivity index (χ1n) is 7.45. The van der Waals surface area contributed by atoms with Gasteiger partial charge < -0.3 is 0 Å². The Morgan fingerprint density at radius 1 is 1.05 bits per heavy atom. The van der Waals surface area contributed by atoms with Gasteiger partial charge in [-0.2, -0.15) is 0 Å². The van der Waals surface area contributed by atoms with Gasteiger partial charge in [0.1, 0.15) is 0 Å². The summed E-state index contributed by atoms with van der Waals surface area (Å²) in [4.78, 5) is 27.2. The summed E-state index contributed by atoms with van der Waals surface area (Å²) in [6, 6.07) is 7.65. The van der Waals surface area contributed by atoms with Crippen LogP contribution in [0.5, 0.6) is 0 Å². The van der Waals surface area contributed by atoms with Gasteiger partial charge in [0.2, 0.25) is 11.8 Å². The van der Waals surface area contributed by atoms with Gasteiger partial charge in [0.25, 0.3) is 0 Å². The highest BCUT2D eigenvalue weighted by Gasteiger charge is 2.73. The highest BCUT2D eigenvalue weighted by atomic mass is 127. The molecule has 1 saturated heterocycles. The number of carbonyl (C=O) groups excluding carboxylic acids is 2. The Labute approximate surface area is 136 Å². The van der Waals surface area contributed by atoms with E-state index in [-0.39, 0.29) is 29.1 Å². The second kappa shape index (κ2) is 3.77. The summed E-state index contributed by atoms with van der Waals surface area (Å²) < 4.78 is 1.04. The van der Waals surface area contributed by atoms with Gasteiger partial charge in [-0.15, -0.1) is 0 Å². The molecule has 0 radical (unpaired) electrons. The molecule has 5 rings (SSSR count). The Bertz CT molecular complexity index is 687. The van der Waals surface area contributed by atoms with Crippen molar-refractivity contribution in [1.82, 2.24) is 0 Å². The summed E-state index contributed by atoms with van der Waals surface area (Å²) in [5.74, 6) is 0.444. The number of amides is 2. The average molecular weight is 391 g/mol. The van der Waals surface area contributed by atoms with Crippen molar-refractivity contribution < 1.29 is 9.59 Å². The topological polar surface area (TPSA) is 37.4 Å². The van der Waals surface area contributed by atoms with Gasteiger partial charge in [-0.05, 0) is 70.9 Å². The summed E-state index contributed by atoms with van der Waals surface area (Å²) >= 11 is 2.21. The van der Waals surface area contributed by atoms with Crippen LogP contribution in [0.15, 0.2) is 36.4 Å². The molecule has 106 valence electrons. The molecule has 4 aliphatic rings. The van der Waals surface area contributed by atoms with Crippen molar-refractivity contribution in [3.05, 3.63) is 40.0 Å². The lowest BCUT2D eigenvalue weighted by Gasteiger charge is -2.21. The average Bonchev–Trinajstić information content (AvgIpc) is 3.05. The van der Waals surface area contributed by atoms with Crippen molar-refractivity contribution in [2.45, 2.75) is 12.8 Å². The molecule has 3 nitrogen and oxygen atoms in total. The third kappa shape index (κ3) is 1.35. The Morgan fingerprint density at radius 3 is 2.19 bits per heavy atom. The molecular formula is C17H14INO2. The van der Waals surface area contributed by atoms with E-state index in [1.54, 1.807) is 0 Å². The minimum absolute atomic E-state index is 0.0233. The monoisotopic (exact) mass is 391 g/mol. The van der Waals surface area contributed by atoms with Crippen LogP contribution in [0, 0.1) is 32.7 Å². The number of nitrogens with zero attached hydrogens (tertiary/aromatic N) is 1. The summed E-state index contributed by atoms with van der Waals surface area (Å²) in [6.45, 7) is 0. The normalized spacial score (nSPS) is 37.7. The van der Waals surface area contributed by atoms with E-state index in [4.69, 9.17) is 0 Å². The molecular weight excluding hydrogens is 377 g/mol. The van der Waals surface area contributed by atoms with Gasteiger partial charge in [-0.3, -0.25) is 9.59 Å². The molecule has 4 heteroatoms. The minimum Gasteiger partial charge on any atom is -0.274 e. The van der Waals surface area contributed by atoms with Gasteiger partial charge in [-0.1, -0.05) is 18.2 Å². The van der Waals surface area contributed by atoms with Crippen LogP contribution in [0.2, 0.25) is 0 Å². The molecule has 4 atom stereocenters. The number of rotatable bonds is 1. The molecule has 21 heavy (non-hydrogen) atoms. The second-order valence-corrected chi connectivity index (χ2v) is 7.96. The molecule has 2 saturated carbocycles. The Balaban J connectivity index is 1.59. The van der Waals surface area contributed by atoms with E-state index >= 15 is 0 Å². The van der Waals surface area contributed by atoms with Crippen molar-refractivity contribution in [3.8, 4) is 0 Å². The van der Waals surface area contributed by atoms with Crippen LogP contribution in [0.3, 0.4) is 0 Å². The SMILES string of the molecule is O=C1[C@@H]2[C@@H](C(=O)N1c1cccc(I)c1)[C@@H]1C=C[C@H]2C12CC2. The molecule has 3 aliphatic carbocycles. The largest absolute Gasteiger partial charge is 0.274 e. The summed E-state index contributed by atoms with van der Waals surface area (Å²) in [5.41, 5.74) is 1.01. The van der Waals surface area contributed by atoms with Crippen LogP contribution < -0.4 is 4.90 Å². The second-order valence-electron chi connectivity index (χ2n) is 6.71. The van der Waals surface area contributed by atoms with E-state index in [1.807, 2.05) is 24.3 Å². The van der Waals surface area contributed by atoms with E-state index < -0.39 is 0 Å². The lowest BCUT2D eigenvalue weighted by Crippen LogP contribution is -2.34. The van der Waals surface area contributed by atoms with Crippen LogP contribution in [0.1, 0.15) is 12.8 Å². The summed E-state index contributed by atoms with van der Waals surface area (Å²) in [5, 5.41) is 0. The maximum absolute atomic E-state index is 12.9. The number of carbonyl (C=O) groups is 2. The molecule has 0 aromatic heterocycles. The van der Waals surface area contributed by atoms with Gasteiger partial charge in [-0.25, -0.2) is 4.90 Å². The predicted molar refractivity (Wildman–Crippen MR) is 86.4 cm³/mol. The molecule has 1 spiro atoms. The number of anilines is 1. The standard InChI is InChI=1S/C17H14INO2/c18-9-2-1-3-10(8-9)19-15(20)13-11-4-5-12(14(13)16(19)21)17(11)6-7-17/h1-5,8,11-14H,6-7H2/t11-,12+,13-,14-/m0/s1. The van der Waals surface area contributed by atoms with Crippen LogP contribution in [-0.4, -0.2) is 11.8 Å². The maximum atomic E-state index is 12.9. The fraction of sp³-hybridized carbons (Fsp3) is 0.412. The highest BCUT2D eigenvalue weighted by Crippen LogP contribution is 2.73. The molecule has 1 aliphatic heterocycles. The van der Waals surface area contributed by atoms with Crippen LogP contribution in [0.25, 0.3) is 0 Å². The molecule has 3 fully saturated rings. The number of fused-ring (bicyclic) bond motifs is 3. The van der Waals surface area contributed by atoms with E-state index in [1.165, 1.54) is 17.7 Å². The molecule has 2 bridgehead atoms.